The van der Waals surface area contributed by atoms with Gasteiger partial charge in [0.05, 0.1) is 6.61 Å². The number of rotatable bonds is 4. The predicted octanol–water partition coefficient (Wildman–Crippen LogP) is 5.34. The normalized spacial score (nSPS) is 24.3. The standard InChI is InChI=1S/C22H23BrFNO4/c1-20(2,3)22(29-13-15-9-5-4-6-10-15)17-12-8-7-11-16(17)18(26)25(19(27)28)21(22,23)14-24/h4-12H,13-14H2,1-3H3,(H,27,28). The summed E-state index contributed by atoms with van der Waals surface area (Å²) in [4.78, 5) is 25.6. The van der Waals surface area contributed by atoms with Crippen LogP contribution in [-0.4, -0.2) is 33.1 Å². The monoisotopic (exact) mass is 463 g/mol. The van der Waals surface area contributed by atoms with Crippen LogP contribution in [0.5, 0.6) is 0 Å². The molecule has 2 unspecified atom stereocenters. The zero-order valence-corrected chi connectivity index (χ0v) is 18.1. The van der Waals surface area contributed by atoms with Crippen molar-refractivity contribution in [2.24, 2.45) is 5.41 Å². The molecular formula is C22H23BrFNO4. The van der Waals surface area contributed by atoms with E-state index in [1.807, 2.05) is 51.1 Å². The molecule has 2 aromatic rings. The Morgan fingerprint density at radius 1 is 1.14 bits per heavy atom. The molecule has 0 saturated carbocycles. The van der Waals surface area contributed by atoms with Crippen LogP contribution in [0.4, 0.5) is 9.18 Å². The predicted molar refractivity (Wildman–Crippen MR) is 111 cm³/mol. The Bertz CT molecular complexity index is 930. The van der Waals surface area contributed by atoms with E-state index in [-0.39, 0.29) is 12.2 Å². The number of carbonyl (C=O) groups is 2. The molecule has 0 spiro atoms. The summed E-state index contributed by atoms with van der Waals surface area (Å²) in [7, 11) is 0. The fourth-order valence-electron chi connectivity index (χ4n) is 4.16. The van der Waals surface area contributed by atoms with Gasteiger partial charge in [0.2, 0.25) is 0 Å². The first-order valence-electron chi connectivity index (χ1n) is 9.20. The van der Waals surface area contributed by atoms with Gasteiger partial charge in [0.1, 0.15) is 12.3 Å². The Morgan fingerprint density at radius 2 is 1.72 bits per heavy atom. The van der Waals surface area contributed by atoms with Crippen molar-refractivity contribution in [3.8, 4) is 0 Å². The summed E-state index contributed by atoms with van der Waals surface area (Å²) in [6.45, 7) is 4.48. The molecular weight excluding hydrogens is 441 g/mol. The van der Waals surface area contributed by atoms with Crippen LogP contribution in [0.3, 0.4) is 0 Å². The van der Waals surface area contributed by atoms with E-state index < -0.39 is 34.1 Å². The van der Waals surface area contributed by atoms with Crippen LogP contribution in [-0.2, 0) is 16.9 Å². The van der Waals surface area contributed by atoms with Crippen LogP contribution in [0.1, 0.15) is 42.3 Å². The Kier molecular flexibility index (Phi) is 5.58. The second-order valence-electron chi connectivity index (χ2n) is 8.07. The highest BCUT2D eigenvalue weighted by Gasteiger charge is 2.68. The summed E-state index contributed by atoms with van der Waals surface area (Å²) in [5.41, 5.74) is -0.794. The average Bonchev–Trinajstić information content (AvgIpc) is 2.67. The average molecular weight is 464 g/mol. The number of fused-ring (bicyclic) bond motifs is 1. The van der Waals surface area contributed by atoms with Gasteiger partial charge in [-0.15, -0.1) is 0 Å². The van der Waals surface area contributed by atoms with Gasteiger partial charge in [0.25, 0.3) is 5.91 Å². The van der Waals surface area contributed by atoms with Crippen molar-refractivity contribution in [1.29, 1.82) is 0 Å². The first-order chi connectivity index (χ1) is 13.6. The molecule has 2 atom stereocenters. The summed E-state index contributed by atoms with van der Waals surface area (Å²) in [6.07, 6.45) is -1.55. The third-order valence-corrected chi connectivity index (χ3v) is 6.48. The molecule has 2 aromatic carbocycles. The molecule has 0 aromatic heterocycles. The fraction of sp³-hybridized carbons (Fsp3) is 0.364. The maximum Gasteiger partial charge on any atom is 0.415 e. The molecule has 1 aliphatic rings. The van der Waals surface area contributed by atoms with Gasteiger partial charge in [-0.2, -0.15) is 0 Å². The number of carboxylic acid groups (broad SMARTS) is 1. The van der Waals surface area contributed by atoms with Gasteiger partial charge in [-0.3, -0.25) is 4.79 Å². The largest absolute Gasteiger partial charge is 0.465 e. The lowest BCUT2D eigenvalue weighted by atomic mass is 9.64. The summed E-state index contributed by atoms with van der Waals surface area (Å²) < 4.78 is 19.2. The first kappa shape index (κ1) is 21.5. The molecule has 0 saturated heterocycles. The molecule has 1 N–H and O–H groups in total. The Balaban J connectivity index is 2.31. The first-order valence-corrected chi connectivity index (χ1v) is 9.99. The Hall–Kier alpha value is -2.25. The minimum absolute atomic E-state index is 0.113. The van der Waals surface area contributed by atoms with Crippen molar-refractivity contribution in [3.05, 3.63) is 71.3 Å². The lowest BCUT2D eigenvalue weighted by Gasteiger charge is -2.58. The van der Waals surface area contributed by atoms with Gasteiger partial charge in [-0.1, -0.05) is 85.2 Å². The highest BCUT2D eigenvalue weighted by Crippen LogP contribution is 2.59. The van der Waals surface area contributed by atoms with E-state index in [1.165, 1.54) is 0 Å². The molecule has 0 radical (unpaired) electrons. The number of amides is 2. The molecule has 5 nitrogen and oxygen atoms in total. The molecule has 0 fully saturated rings. The van der Waals surface area contributed by atoms with E-state index in [9.17, 15) is 19.1 Å². The minimum atomic E-state index is -1.94. The highest BCUT2D eigenvalue weighted by atomic mass is 79.9. The highest BCUT2D eigenvalue weighted by molar-refractivity contribution is 9.10. The zero-order valence-electron chi connectivity index (χ0n) is 16.5. The Labute approximate surface area is 177 Å². The third kappa shape index (κ3) is 3.16. The quantitative estimate of drug-likeness (QED) is 0.490. The molecule has 29 heavy (non-hydrogen) atoms. The second-order valence-corrected chi connectivity index (χ2v) is 9.38. The van der Waals surface area contributed by atoms with Gasteiger partial charge in [0.15, 0.2) is 4.45 Å². The molecule has 154 valence electrons. The van der Waals surface area contributed by atoms with Crippen LogP contribution >= 0.6 is 15.9 Å². The molecule has 0 aliphatic carbocycles. The molecule has 1 aliphatic heterocycles. The number of benzene rings is 2. The molecule has 1 heterocycles. The van der Waals surface area contributed by atoms with Gasteiger partial charge < -0.3 is 9.84 Å². The number of ether oxygens (including phenoxy) is 1. The van der Waals surface area contributed by atoms with Crippen LogP contribution in [0.15, 0.2) is 54.6 Å². The minimum Gasteiger partial charge on any atom is -0.465 e. The number of carbonyl (C=O) groups excluding carboxylic acids is 1. The molecule has 0 bridgehead atoms. The van der Waals surface area contributed by atoms with Crippen molar-refractivity contribution in [2.45, 2.75) is 37.4 Å². The number of alkyl halides is 2. The van der Waals surface area contributed by atoms with Crippen LogP contribution in [0.25, 0.3) is 0 Å². The van der Waals surface area contributed by atoms with Crippen LogP contribution in [0.2, 0.25) is 0 Å². The lowest BCUT2D eigenvalue weighted by Crippen LogP contribution is -2.71. The van der Waals surface area contributed by atoms with Gasteiger partial charge in [0, 0.05) is 11.1 Å². The van der Waals surface area contributed by atoms with E-state index in [0.29, 0.717) is 10.5 Å². The third-order valence-electron chi connectivity index (χ3n) is 5.36. The summed E-state index contributed by atoms with van der Waals surface area (Å²) in [5, 5.41) is 9.84. The summed E-state index contributed by atoms with van der Waals surface area (Å²) in [6, 6.07) is 16.0. The number of hydrogen-bond donors (Lipinski definition) is 1. The topological polar surface area (TPSA) is 66.8 Å². The number of nitrogens with zero attached hydrogens (tertiary/aromatic N) is 1. The second kappa shape index (κ2) is 7.54. The molecule has 3 rings (SSSR count). The molecule has 2 amide bonds. The number of halogens is 2. The van der Waals surface area contributed by atoms with E-state index in [2.05, 4.69) is 15.9 Å². The van der Waals surface area contributed by atoms with Crippen molar-refractivity contribution in [2.75, 3.05) is 6.67 Å². The van der Waals surface area contributed by atoms with E-state index >= 15 is 0 Å². The molecule has 7 heteroatoms. The fourth-order valence-corrected chi connectivity index (χ4v) is 5.40. The van der Waals surface area contributed by atoms with Crippen LogP contribution in [0, 0.1) is 5.41 Å². The van der Waals surface area contributed by atoms with Crippen molar-refractivity contribution < 1.29 is 23.8 Å². The maximum absolute atomic E-state index is 14.7. The number of hydrogen-bond acceptors (Lipinski definition) is 3. The maximum atomic E-state index is 14.7. The van der Waals surface area contributed by atoms with Gasteiger partial charge in [-0.25, -0.2) is 14.1 Å². The van der Waals surface area contributed by atoms with E-state index in [1.54, 1.807) is 24.3 Å². The number of imide groups is 1. The summed E-state index contributed by atoms with van der Waals surface area (Å²) in [5.74, 6) is -0.786. The Morgan fingerprint density at radius 3 is 2.28 bits per heavy atom. The van der Waals surface area contributed by atoms with Crippen molar-refractivity contribution in [1.82, 2.24) is 4.90 Å². The van der Waals surface area contributed by atoms with E-state index in [4.69, 9.17) is 4.74 Å². The SMILES string of the molecule is CC(C)(C)C1(OCc2ccccc2)c2ccccc2C(=O)N(C(=O)O)C1(Br)CF. The van der Waals surface area contributed by atoms with Crippen LogP contribution < -0.4 is 0 Å². The van der Waals surface area contributed by atoms with Gasteiger partial charge in [-0.05, 0) is 17.0 Å². The van der Waals surface area contributed by atoms with Crippen molar-refractivity contribution >= 4 is 27.9 Å². The van der Waals surface area contributed by atoms with Crippen molar-refractivity contribution in [3.63, 3.8) is 0 Å². The summed E-state index contributed by atoms with van der Waals surface area (Å²) >= 11 is 3.33. The lowest BCUT2D eigenvalue weighted by molar-refractivity contribution is -0.186. The van der Waals surface area contributed by atoms with Gasteiger partial charge >= 0.3 is 6.09 Å². The van der Waals surface area contributed by atoms with E-state index in [0.717, 1.165) is 5.56 Å². The smallest absolute Gasteiger partial charge is 0.415 e. The zero-order chi connectivity index (χ0) is 21.4.